The Kier molecular flexibility index (Phi) is 7.05. The third kappa shape index (κ3) is 6.29. The lowest BCUT2D eigenvalue weighted by Crippen LogP contribution is -2.27. The molecular formula is C26H24FN5O4. The topological polar surface area (TPSA) is 119 Å². The van der Waals surface area contributed by atoms with Gasteiger partial charge in [0.15, 0.2) is 0 Å². The molecule has 184 valence electrons. The fourth-order valence-electron chi connectivity index (χ4n) is 3.39. The van der Waals surface area contributed by atoms with Gasteiger partial charge in [-0.2, -0.15) is 0 Å². The summed E-state index contributed by atoms with van der Waals surface area (Å²) in [5.41, 5.74) is 2.43. The summed E-state index contributed by atoms with van der Waals surface area (Å²) in [7, 11) is 0. The summed E-state index contributed by atoms with van der Waals surface area (Å²) in [5, 5.41) is 9.49. The zero-order chi connectivity index (χ0) is 25.7. The van der Waals surface area contributed by atoms with Gasteiger partial charge in [-0.3, -0.25) is 15.4 Å². The summed E-state index contributed by atoms with van der Waals surface area (Å²) < 4.78 is 24.1. The lowest BCUT2D eigenvalue weighted by molar-refractivity contribution is -0.115. The largest absolute Gasteiger partial charge is 0.444 e. The van der Waals surface area contributed by atoms with Crippen LogP contribution in [0.5, 0.6) is 0 Å². The molecule has 2 heterocycles. The molecule has 4 rings (SSSR count). The van der Waals surface area contributed by atoms with Crippen molar-refractivity contribution in [1.82, 2.24) is 15.1 Å². The number of amides is 2. The second-order valence-electron chi connectivity index (χ2n) is 8.89. The van der Waals surface area contributed by atoms with Gasteiger partial charge < -0.3 is 9.26 Å². The number of aromatic nitrogens is 3. The van der Waals surface area contributed by atoms with Gasteiger partial charge in [0, 0.05) is 17.4 Å². The molecule has 0 aliphatic rings. The van der Waals surface area contributed by atoms with E-state index in [9.17, 15) is 14.0 Å². The fraction of sp³-hybridized carbons (Fsp3) is 0.192. The normalized spacial score (nSPS) is 11.1. The monoisotopic (exact) mass is 489 g/mol. The SMILES string of the molecule is CC(C)(C)OC(=O)Nc1cccc(CC(=O)Nc2onc(-c3ccc(F)cc3)c2-c2ccncn2)c1. The predicted molar refractivity (Wildman–Crippen MR) is 132 cm³/mol. The van der Waals surface area contributed by atoms with Crippen LogP contribution in [0.4, 0.5) is 20.8 Å². The number of carbonyl (C=O) groups is 2. The van der Waals surface area contributed by atoms with Crippen molar-refractivity contribution in [3.8, 4) is 22.5 Å². The number of nitrogens with one attached hydrogen (secondary N) is 2. The van der Waals surface area contributed by atoms with Crippen molar-refractivity contribution in [2.24, 2.45) is 0 Å². The van der Waals surface area contributed by atoms with Gasteiger partial charge in [0.2, 0.25) is 11.8 Å². The molecule has 2 aromatic carbocycles. The second kappa shape index (κ2) is 10.3. The van der Waals surface area contributed by atoms with Gasteiger partial charge in [-0.25, -0.2) is 19.2 Å². The molecule has 0 aliphatic heterocycles. The van der Waals surface area contributed by atoms with Gasteiger partial charge in [-0.05, 0) is 68.8 Å². The predicted octanol–water partition coefficient (Wildman–Crippen LogP) is 5.47. The molecule has 2 aromatic heterocycles. The first-order valence-electron chi connectivity index (χ1n) is 11.1. The van der Waals surface area contributed by atoms with Crippen molar-refractivity contribution >= 4 is 23.6 Å². The van der Waals surface area contributed by atoms with Crippen LogP contribution < -0.4 is 10.6 Å². The average Bonchev–Trinajstić information content (AvgIpc) is 3.22. The molecule has 2 N–H and O–H groups in total. The van der Waals surface area contributed by atoms with E-state index in [0.717, 1.165) is 0 Å². The summed E-state index contributed by atoms with van der Waals surface area (Å²) in [6.45, 7) is 5.32. The quantitative estimate of drug-likeness (QED) is 0.369. The zero-order valence-corrected chi connectivity index (χ0v) is 19.9. The summed E-state index contributed by atoms with van der Waals surface area (Å²) in [5.74, 6) is -0.662. The minimum absolute atomic E-state index is 0.000363. The highest BCUT2D eigenvalue weighted by molar-refractivity contribution is 5.97. The Labute approximate surface area is 206 Å². The van der Waals surface area contributed by atoms with E-state index in [-0.39, 0.29) is 24.0 Å². The van der Waals surface area contributed by atoms with E-state index >= 15 is 0 Å². The van der Waals surface area contributed by atoms with E-state index in [1.54, 1.807) is 69.4 Å². The summed E-state index contributed by atoms with van der Waals surface area (Å²) in [4.78, 5) is 33.1. The van der Waals surface area contributed by atoms with Crippen LogP contribution in [-0.4, -0.2) is 32.7 Å². The molecule has 10 heteroatoms. The fourth-order valence-corrected chi connectivity index (χ4v) is 3.39. The average molecular weight is 490 g/mol. The highest BCUT2D eigenvalue weighted by atomic mass is 19.1. The van der Waals surface area contributed by atoms with Crippen LogP contribution in [0.15, 0.2) is 71.6 Å². The Bertz CT molecular complexity index is 1370. The van der Waals surface area contributed by atoms with E-state index in [2.05, 4.69) is 25.8 Å². The van der Waals surface area contributed by atoms with Gasteiger partial charge in [0.25, 0.3) is 0 Å². The van der Waals surface area contributed by atoms with Gasteiger partial charge >= 0.3 is 6.09 Å². The first kappa shape index (κ1) is 24.5. The van der Waals surface area contributed by atoms with Crippen LogP contribution in [0.2, 0.25) is 0 Å². The standard InChI is InChI=1S/C26H24FN5O4/c1-26(2,3)35-25(34)30-19-6-4-5-16(13-19)14-21(33)31-24-22(20-11-12-28-15-29-20)23(32-36-24)17-7-9-18(27)10-8-17/h4-13,15H,14H2,1-3H3,(H,30,34)(H,31,33). The number of anilines is 2. The number of halogens is 1. The Balaban J connectivity index is 1.53. The molecule has 0 bridgehead atoms. The minimum Gasteiger partial charge on any atom is -0.444 e. The van der Waals surface area contributed by atoms with E-state index in [4.69, 9.17) is 9.26 Å². The Morgan fingerprint density at radius 3 is 2.53 bits per heavy atom. The van der Waals surface area contributed by atoms with Crippen LogP contribution >= 0.6 is 0 Å². The van der Waals surface area contributed by atoms with Gasteiger partial charge in [0.1, 0.15) is 23.4 Å². The lowest BCUT2D eigenvalue weighted by Gasteiger charge is -2.19. The third-order valence-corrected chi connectivity index (χ3v) is 4.84. The highest BCUT2D eigenvalue weighted by Crippen LogP contribution is 2.36. The van der Waals surface area contributed by atoms with Crippen molar-refractivity contribution in [2.45, 2.75) is 32.8 Å². The number of hydrogen-bond acceptors (Lipinski definition) is 7. The first-order valence-corrected chi connectivity index (χ1v) is 11.1. The van der Waals surface area contributed by atoms with Crippen LogP contribution in [0, 0.1) is 5.82 Å². The van der Waals surface area contributed by atoms with Gasteiger partial charge in [-0.1, -0.05) is 17.3 Å². The minimum atomic E-state index is -0.632. The first-order chi connectivity index (χ1) is 17.2. The van der Waals surface area contributed by atoms with Crippen molar-refractivity contribution in [3.05, 3.63) is 78.5 Å². The van der Waals surface area contributed by atoms with E-state index in [0.29, 0.717) is 33.8 Å². The molecule has 36 heavy (non-hydrogen) atoms. The molecule has 0 saturated heterocycles. The molecule has 0 fully saturated rings. The van der Waals surface area contributed by atoms with Crippen LogP contribution in [-0.2, 0) is 16.0 Å². The second-order valence-corrected chi connectivity index (χ2v) is 8.89. The maximum absolute atomic E-state index is 13.4. The summed E-state index contributed by atoms with van der Waals surface area (Å²) in [6.07, 6.45) is 2.33. The molecule has 0 atom stereocenters. The molecule has 0 radical (unpaired) electrons. The molecular weight excluding hydrogens is 465 g/mol. The van der Waals surface area contributed by atoms with Crippen LogP contribution in [0.25, 0.3) is 22.5 Å². The third-order valence-electron chi connectivity index (χ3n) is 4.84. The van der Waals surface area contributed by atoms with Crippen LogP contribution in [0.3, 0.4) is 0 Å². The molecule has 2 amide bonds. The van der Waals surface area contributed by atoms with Gasteiger partial charge in [0.05, 0.1) is 17.7 Å². The summed E-state index contributed by atoms with van der Waals surface area (Å²) >= 11 is 0. The van der Waals surface area contributed by atoms with Crippen molar-refractivity contribution in [3.63, 3.8) is 0 Å². The number of nitrogens with zero attached hydrogens (tertiary/aromatic N) is 3. The lowest BCUT2D eigenvalue weighted by atomic mass is 10.0. The Morgan fingerprint density at radius 2 is 1.83 bits per heavy atom. The van der Waals surface area contributed by atoms with E-state index in [1.165, 1.54) is 18.5 Å². The van der Waals surface area contributed by atoms with Crippen molar-refractivity contribution in [1.29, 1.82) is 0 Å². The molecule has 0 unspecified atom stereocenters. The number of rotatable bonds is 6. The Morgan fingerprint density at radius 1 is 1.06 bits per heavy atom. The molecule has 9 nitrogen and oxygen atoms in total. The maximum atomic E-state index is 13.4. The van der Waals surface area contributed by atoms with E-state index in [1.807, 2.05) is 0 Å². The van der Waals surface area contributed by atoms with Crippen molar-refractivity contribution < 1.29 is 23.2 Å². The number of benzene rings is 2. The molecule has 0 aliphatic carbocycles. The van der Waals surface area contributed by atoms with E-state index < -0.39 is 11.7 Å². The molecule has 0 spiro atoms. The smallest absolute Gasteiger partial charge is 0.412 e. The summed E-state index contributed by atoms with van der Waals surface area (Å²) in [6, 6.07) is 14.3. The maximum Gasteiger partial charge on any atom is 0.412 e. The van der Waals surface area contributed by atoms with Crippen LogP contribution in [0.1, 0.15) is 26.3 Å². The zero-order valence-electron chi connectivity index (χ0n) is 19.9. The highest BCUT2D eigenvalue weighted by Gasteiger charge is 2.22. The Hall–Kier alpha value is -4.60. The number of ether oxygens (including phenoxy) is 1. The molecule has 0 saturated carbocycles. The number of carbonyl (C=O) groups excluding carboxylic acids is 2. The van der Waals surface area contributed by atoms with Gasteiger partial charge in [-0.15, -0.1) is 0 Å². The number of hydrogen-bond donors (Lipinski definition) is 2. The van der Waals surface area contributed by atoms with Crippen molar-refractivity contribution in [2.75, 3.05) is 10.6 Å². The molecule has 4 aromatic rings.